The minimum atomic E-state index is -0.0755. The van der Waals surface area contributed by atoms with Crippen molar-refractivity contribution in [2.45, 2.75) is 19.3 Å². The Morgan fingerprint density at radius 3 is 2.77 bits per heavy atom. The number of rotatable bonds is 2. The molecule has 2 aromatic heterocycles. The first-order chi connectivity index (χ1) is 10.8. The molecule has 8 heteroatoms. The third-order valence-corrected chi connectivity index (χ3v) is 4.33. The molecule has 1 fully saturated rings. The van der Waals surface area contributed by atoms with Crippen LogP contribution < -0.4 is 4.90 Å². The van der Waals surface area contributed by atoms with Gasteiger partial charge in [-0.05, 0) is 30.9 Å². The van der Waals surface area contributed by atoms with E-state index in [9.17, 15) is 4.79 Å². The summed E-state index contributed by atoms with van der Waals surface area (Å²) in [5.74, 6) is 0.850. The number of aromatic nitrogens is 5. The summed E-state index contributed by atoms with van der Waals surface area (Å²) in [7, 11) is 0. The number of carbonyl (C=O) groups is 1. The summed E-state index contributed by atoms with van der Waals surface area (Å²) in [4.78, 5) is 16.2. The molecule has 2 aromatic rings. The van der Waals surface area contributed by atoms with Gasteiger partial charge in [-0.2, -0.15) is 20.5 Å². The van der Waals surface area contributed by atoms with Crippen molar-refractivity contribution in [1.29, 1.82) is 0 Å². The fourth-order valence-corrected chi connectivity index (χ4v) is 3.08. The zero-order valence-electron chi connectivity index (χ0n) is 12.2. The van der Waals surface area contributed by atoms with Crippen LogP contribution in [0.25, 0.3) is 0 Å². The average Bonchev–Trinajstić information content (AvgIpc) is 3.25. The Labute approximate surface area is 127 Å². The summed E-state index contributed by atoms with van der Waals surface area (Å²) in [6.45, 7) is 2.84. The van der Waals surface area contributed by atoms with Crippen LogP contribution >= 0.6 is 0 Å². The van der Waals surface area contributed by atoms with Gasteiger partial charge in [-0.15, -0.1) is 5.10 Å². The second-order valence-corrected chi connectivity index (χ2v) is 5.66. The molecule has 4 rings (SSSR count). The van der Waals surface area contributed by atoms with Gasteiger partial charge in [0.05, 0.1) is 11.9 Å². The van der Waals surface area contributed by atoms with Crippen LogP contribution in [-0.4, -0.2) is 62.6 Å². The van der Waals surface area contributed by atoms with Crippen molar-refractivity contribution in [3.05, 3.63) is 29.2 Å². The fourth-order valence-electron chi connectivity index (χ4n) is 3.08. The Morgan fingerprint density at radius 2 is 2.00 bits per heavy atom. The van der Waals surface area contributed by atoms with Crippen LogP contribution in [0.4, 0.5) is 5.82 Å². The summed E-state index contributed by atoms with van der Waals surface area (Å²) in [6.07, 6.45) is 4.78. The van der Waals surface area contributed by atoms with Gasteiger partial charge in [0.1, 0.15) is 0 Å². The highest BCUT2D eigenvalue weighted by Crippen LogP contribution is 2.23. The first kappa shape index (κ1) is 13.2. The predicted molar refractivity (Wildman–Crippen MR) is 78.6 cm³/mol. The molecular weight excluding hydrogens is 282 g/mol. The van der Waals surface area contributed by atoms with E-state index in [1.807, 2.05) is 0 Å². The number of piperazine rings is 1. The van der Waals surface area contributed by atoms with Crippen LogP contribution in [0.1, 0.15) is 28.2 Å². The van der Waals surface area contributed by atoms with Crippen molar-refractivity contribution < 1.29 is 4.79 Å². The molecule has 0 spiro atoms. The van der Waals surface area contributed by atoms with Crippen molar-refractivity contribution in [1.82, 2.24) is 30.5 Å². The van der Waals surface area contributed by atoms with Gasteiger partial charge < -0.3 is 9.80 Å². The number of H-pyrrole nitrogens is 1. The van der Waals surface area contributed by atoms with Crippen LogP contribution in [0, 0.1) is 0 Å². The van der Waals surface area contributed by atoms with Gasteiger partial charge in [0.2, 0.25) is 0 Å². The van der Waals surface area contributed by atoms with Crippen LogP contribution in [0.15, 0.2) is 12.3 Å². The Balaban J connectivity index is 1.42. The van der Waals surface area contributed by atoms with E-state index < -0.39 is 0 Å². The van der Waals surface area contributed by atoms with E-state index in [1.165, 1.54) is 18.2 Å². The van der Waals surface area contributed by atoms with E-state index in [2.05, 4.69) is 36.6 Å². The Bertz CT molecular complexity index is 677. The van der Waals surface area contributed by atoms with E-state index in [0.717, 1.165) is 37.4 Å². The number of carbonyl (C=O) groups excluding carboxylic acids is 1. The van der Waals surface area contributed by atoms with Gasteiger partial charge in [-0.3, -0.25) is 4.79 Å². The Kier molecular flexibility index (Phi) is 3.21. The molecule has 22 heavy (non-hydrogen) atoms. The Hall–Kier alpha value is -2.51. The highest BCUT2D eigenvalue weighted by molar-refractivity contribution is 5.92. The van der Waals surface area contributed by atoms with E-state index >= 15 is 0 Å². The molecule has 0 atom stereocenters. The highest BCUT2D eigenvalue weighted by atomic mass is 16.2. The van der Waals surface area contributed by atoms with Crippen LogP contribution in [-0.2, 0) is 12.8 Å². The van der Waals surface area contributed by atoms with Gasteiger partial charge in [0.25, 0.3) is 5.91 Å². The maximum absolute atomic E-state index is 12.2. The molecule has 0 unspecified atom stereocenters. The summed E-state index contributed by atoms with van der Waals surface area (Å²) < 4.78 is 0. The molecule has 8 nitrogen and oxygen atoms in total. The number of fused-ring (bicyclic) bond motifs is 1. The van der Waals surface area contributed by atoms with E-state index in [-0.39, 0.29) is 5.91 Å². The lowest BCUT2D eigenvalue weighted by molar-refractivity contribution is 0.0740. The molecule has 1 N–H and O–H groups in total. The maximum Gasteiger partial charge on any atom is 0.276 e. The van der Waals surface area contributed by atoms with Gasteiger partial charge in [-0.25, -0.2) is 0 Å². The fraction of sp³-hybridized carbons (Fsp3) is 0.500. The lowest BCUT2D eigenvalue weighted by Crippen LogP contribution is -2.49. The van der Waals surface area contributed by atoms with Crippen molar-refractivity contribution in [3.8, 4) is 0 Å². The summed E-state index contributed by atoms with van der Waals surface area (Å²) in [6, 6.07) is 2.16. The molecule has 0 bridgehead atoms. The molecule has 3 heterocycles. The monoisotopic (exact) mass is 299 g/mol. The zero-order valence-corrected chi connectivity index (χ0v) is 12.2. The molecule has 1 amide bonds. The smallest absolute Gasteiger partial charge is 0.276 e. The summed E-state index contributed by atoms with van der Waals surface area (Å²) in [5.41, 5.74) is 2.83. The number of hydrogen-bond donors (Lipinski definition) is 1. The number of nitrogens with one attached hydrogen (secondary N) is 1. The van der Waals surface area contributed by atoms with Crippen molar-refractivity contribution in [3.63, 3.8) is 0 Å². The van der Waals surface area contributed by atoms with Crippen molar-refractivity contribution in [2.75, 3.05) is 31.1 Å². The quantitative estimate of drug-likeness (QED) is 0.842. The highest BCUT2D eigenvalue weighted by Gasteiger charge is 2.25. The topological polar surface area (TPSA) is 90.9 Å². The minimum Gasteiger partial charge on any atom is -0.352 e. The number of aryl methyl sites for hydroxylation is 2. The molecule has 1 aliphatic carbocycles. The molecule has 114 valence electrons. The van der Waals surface area contributed by atoms with Gasteiger partial charge in [-0.1, -0.05) is 0 Å². The summed E-state index contributed by atoms with van der Waals surface area (Å²) >= 11 is 0. The SMILES string of the molecule is O=C(c1cn[nH]n1)N1CCN(c2cc3c(nn2)CCC3)CC1. The van der Waals surface area contributed by atoms with Crippen LogP contribution in [0.2, 0.25) is 0 Å². The molecule has 2 aliphatic rings. The Morgan fingerprint density at radius 1 is 1.14 bits per heavy atom. The molecular formula is C14H17N7O. The van der Waals surface area contributed by atoms with Gasteiger partial charge in [0.15, 0.2) is 11.5 Å². The van der Waals surface area contributed by atoms with Gasteiger partial charge in [0, 0.05) is 26.2 Å². The summed E-state index contributed by atoms with van der Waals surface area (Å²) in [5, 5.41) is 18.7. The number of anilines is 1. The minimum absolute atomic E-state index is 0.0755. The number of aromatic amines is 1. The third kappa shape index (κ3) is 2.30. The van der Waals surface area contributed by atoms with E-state index in [0.29, 0.717) is 18.8 Å². The standard InChI is InChI=1S/C14H17N7O/c22-14(12-9-15-19-17-12)21-6-4-20(5-7-21)13-8-10-2-1-3-11(10)16-18-13/h8-9H,1-7H2,(H,15,17,19). The lowest BCUT2D eigenvalue weighted by Gasteiger charge is -2.34. The maximum atomic E-state index is 12.2. The average molecular weight is 299 g/mol. The molecule has 1 saturated heterocycles. The van der Waals surface area contributed by atoms with E-state index in [1.54, 1.807) is 4.90 Å². The normalized spacial score (nSPS) is 17.6. The molecule has 0 radical (unpaired) electrons. The second kappa shape index (κ2) is 5.36. The van der Waals surface area contributed by atoms with Crippen LogP contribution in [0.3, 0.4) is 0 Å². The number of nitrogens with zero attached hydrogens (tertiary/aromatic N) is 6. The number of amides is 1. The molecule has 1 aliphatic heterocycles. The lowest BCUT2D eigenvalue weighted by atomic mass is 10.2. The zero-order chi connectivity index (χ0) is 14.9. The third-order valence-electron chi connectivity index (χ3n) is 4.33. The number of hydrogen-bond acceptors (Lipinski definition) is 6. The van der Waals surface area contributed by atoms with Crippen molar-refractivity contribution in [2.24, 2.45) is 0 Å². The predicted octanol–water partition coefficient (Wildman–Crippen LogP) is 0.0458. The molecule has 0 saturated carbocycles. The van der Waals surface area contributed by atoms with Crippen LogP contribution in [0.5, 0.6) is 0 Å². The molecule has 0 aromatic carbocycles. The first-order valence-electron chi connectivity index (χ1n) is 7.57. The van der Waals surface area contributed by atoms with Gasteiger partial charge >= 0.3 is 0 Å². The second-order valence-electron chi connectivity index (χ2n) is 5.66. The van der Waals surface area contributed by atoms with E-state index in [4.69, 9.17) is 0 Å². The largest absolute Gasteiger partial charge is 0.352 e. The van der Waals surface area contributed by atoms with Crippen molar-refractivity contribution >= 4 is 11.7 Å². The first-order valence-corrected chi connectivity index (χ1v) is 7.57.